The Hall–Kier alpha value is -2.63. The Morgan fingerprint density at radius 3 is 2.50 bits per heavy atom. The molecular formula is C12H9NO5. The summed E-state index contributed by atoms with van der Waals surface area (Å²) < 4.78 is 5.37. The molecule has 1 aromatic carbocycles. The van der Waals surface area contributed by atoms with Crippen LogP contribution < -0.4 is 5.76 Å². The first kappa shape index (κ1) is 11.8. The zero-order valence-corrected chi connectivity index (χ0v) is 9.20. The number of benzene rings is 1. The molecule has 2 aromatic rings. The van der Waals surface area contributed by atoms with E-state index in [9.17, 15) is 14.4 Å². The molecule has 6 heteroatoms. The smallest absolute Gasteiger partial charge is 0.426 e. The van der Waals surface area contributed by atoms with Gasteiger partial charge in [0.05, 0.1) is 5.69 Å². The van der Waals surface area contributed by atoms with Crippen LogP contribution in [0.25, 0.3) is 11.3 Å². The topological polar surface area (TPSA) is 89.5 Å². The third-order valence-corrected chi connectivity index (χ3v) is 2.32. The average Bonchev–Trinajstić information content (AvgIpc) is 2.71. The molecule has 0 aliphatic carbocycles. The van der Waals surface area contributed by atoms with Gasteiger partial charge in [0.1, 0.15) is 12.7 Å². The van der Waals surface area contributed by atoms with E-state index in [0.717, 1.165) is 10.8 Å². The number of aromatic nitrogens is 1. The third-order valence-electron chi connectivity index (χ3n) is 2.32. The van der Waals surface area contributed by atoms with Crippen LogP contribution in [0.3, 0.4) is 0 Å². The highest BCUT2D eigenvalue weighted by Gasteiger charge is 2.19. The number of aliphatic carboxylic acids is 1. The number of carboxylic acids is 1. The van der Waals surface area contributed by atoms with Crippen molar-refractivity contribution in [1.82, 2.24) is 4.57 Å². The van der Waals surface area contributed by atoms with Crippen LogP contribution in [0, 0.1) is 0 Å². The fraction of sp³-hybridized carbons (Fsp3) is 0.0833. The Labute approximate surface area is 101 Å². The zero-order chi connectivity index (χ0) is 13.1. The van der Waals surface area contributed by atoms with Gasteiger partial charge >= 0.3 is 11.7 Å². The molecule has 2 rings (SSSR count). The lowest BCUT2D eigenvalue weighted by molar-refractivity contribution is -0.136. The van der Waals surface area contributed by atoms with E-state index in [2.05, 4.69) is 4.42 Å². The molecule has 0 saturated heterocycles. The Bertz CT molecular complexity index is 638. The van der Waals surface area contributed by atoms with E-state index in [4.69, 9.17) is 5.11 Å². The standard InChI is InChI=1S/C12H9NO5/c14-10(6-11(15)16)13-9(7-18-12(13)17)8-4-2-1-3-5-8/h1-5,7H,6H2,(H,15,16). The largest absolute Gasteiger partial charge is 0.481 e. The van der Waals surface area contributed by atoms with Gasteiger partial charge in [-0.15, -0.1) is 0 Å². The van der Waals surface area contributed by atoms with E-state index in [0.29, 0.717) is 5.56 Å². The lowest BCUT2D eigenvalue weighted by Gasteiger charge is -2.02. The molecule has 1 N–H and O–H groups in total. The van der Waals surface area contributed by atoms with Crippen molar-refractivity contribution in [2.45, 2.75) is 6.42 Å². The lowest BCUT2D eigenvalue weighted by Crippen LogP contribution is -2.25. The number of oxazole rings is 1. The predicted molar refractivity (Wildman–Crippen MR) is 61.3 cm³/mol. The summed E-state index contributed by atoms with van der Waals surface area (Å²) in [5.41, 5.74) is 0.842. The monoisotopic (exact) mass is 247 g/mol. The van der Waals surface area contributed by atoms with Crippen molar-refractivity contribution in [3.63, 3.8) is 0 Å². The molecule has 1 heterocycles. The van der Waals surface area contributed by atoms with Gasteiger partial charge in [0.25, 0.3) is 0 Å². The van der Waals surface area contributed by atoms with Gasteiger partial charge in [0.15, 0.2) is 0 Å². The summed E-state index contributed by atoms with van der Waals surface area (Å²) in [6, 6.07) is 8.63. The maximum atomic E-state index is 11.7. The highest BCUT2D eigenvalue weighted by molar-refractivity contribution is 5.96. The van der Waals surface area contributed by atoms with Crippen molar-refractivity contribution in [3.05, 3.63) is 47.1 Å². The quantitative estimate of drug-likeness (QED) is 0.823. The minimum Gasteiger partial charge on any atom is -0.481 e. The van der Waals surface area contributed by atoms with E-state index >= 15 is 0 Å². The molecule has 0 aliphatic heterocycles. The molecule has 0 unspecified atom stereocenters. The second-order valence-electron chi connectivity index (χ2n) is 3.55. The zero-order valence-electron chi connectivity index (χ0n) is 9.20. The molecule has 0 fully saturated rings. The van der Waals surface area contributed by atoms with E-state index < -0.39 is 24.1 Å². The van der Waals surface area contributed by atoms with Crippen LogP contribution in [0.1, 0.15) is 11.2 Å². The summed E-state index contributed by atoms with van der Waals surface area (Å²) in [4.78, 5) is 33.6. The molecule has 0 saturated carbocycles. The van der Waals surface area contributed by atoms with Crippen molar-refractivity contribution in [3.8, 4) is 11.3 Å². The summed E-state index contributed by atoms with van der Waals surface area (Å²) in [6.07, 6.45) is 0.372. The average molecular weight is 247 g/mol. The Kier molecular flexibility index (Phi) is 3.09. The summed E-state index contributed by atoms with van der Waals surface area (Å²) in [5.74, 6) is -3.02. The first-order chi connectivity index (χ1) is 8.59. The number of carboxylic acid groups (broad SMARTS) is 1. The van der Waals surface area contributed by atoms with Gasteiger partial charge in [-0.2, -0.15) is 0 Å². The molecule has 18 heavy (non-hydrogen) atoms. The van der Waals surface area contributed by atoms with Gasteiger partial charge < -0.3 is 9.52 Å². The van der Waals surface area contributed by atoms with Crippen LogP contribution in [-0.4, -0.2) is 21.6 Å². The molecule has 0 atom stereocenters. The van der Waals surface area contributed by atoms with Crippen LogP contribution >= 0.6 is 0 Å². The van der Waals surface area contributed by atoms with E-state index in [-0.39, 0.29) is 5.69 Å². The minimum absolute atomic E-state index is 0.242. The van der Waals surface area contributed by atoms with Crippen LogP contribution in [0.2, 0.25) is 0 Å². The summed E-state index contributed by atoms with van der Waals surface area (Å²) in [5, 5.41) is 8.57. The van der Waals surface area contributed by atoms with Crippen molar-refractivity contribution < 1.29 is 19.1 Å². The van der Waals surface area contributed by atoms with Gasteiger partial charge in [0.2, 0.25) is 5.91 Å². The van der Waals surface area contributed by atoms with Gasteiger partial charge in [-0.25, -0.2) is 9.36 Å². The van der Waals surface area contributed by atoms with Crippen molar-refractivity contribution in [2.24, 2.45) is 0 Å². The van der Waals surface area contributed by atoms with Crippen molar-refractivity contribution in [1.29, 1.82) is 0 Å². The number of carbonyl (C=O) groups is 2. The lowest BCUT2D eigenvalue weighted by atomic mass is 10.2. The molecule has 92 valence electrons. The van der Waals surface area contributed by atoms with Gasteiger partial charge in [0, 0.05) is 5.56 Å². The van der Waals surface area contributed by atoms with Crippen LogP contribution in [-0.2, 0) is 4.79 Å². The van der Waals surface area contributed by atoms with Gasteiger partial charge in [-0.1, -0.05) is 30.3 Å². The first-order valence-corrected chi connectivity index (χ1v) is 5.10. The summed E-state index contributed by atoms with van der Waals surface area (Å²) >= 11 is 0. The fourth-order valence-electron chi connectivity index (χ4n) is 1.56. The Balaban J connectivity index is 2.49. The predicted octanol–water partition coefficient (Wildman–Crippen LogP) is 1.22. The second kappa shape index (κ2) is 4.70. The van der Waals surface area contributed by atoms with Gasteiger partial charge in [-0.3, -0.25) is 9.59 Å². The first-order valence-electron chi connectivity index (χ1n) is 5.10. The molecule has 0 radical (unpaired) electrons. The molecular weight excluding hydrogens is 238 g/mol. The maximum absolute atomic E-state index is 11.7. The summed E-state index contributed by atoms with van der Waals surface area (Å²) in [6.45, 7) is 0. The summed E-state index contributed by atoms with van der Waals surface area (Å²) in [7, 11) is 0. The number of hydrogen-bond donors (Lipinski definition) is 1. The number of nitrogens with zero attached hydrogens (tertiary/aromatic N) is 1. The van der Waals surface area contributed by atoms with E-state index in [1.54, 1.807) is 30.3 Å². The maximum Gasteiger partial charge on any atom is 0.426 e. The number of rotatable bonds is 3. The minimum atomic E-state index is -1.30. The molecule has 0 aliphatic rings. The van der Waals surface area contributed by atoms with Crippen molar-refractivity contribution in [2.75, 3.05) is 0 Å². The Morgan fingerprint density at radius 2 is 1.89 bits per heavy atom. The molecule has 0 amide bonds. The third kappa shape index (κ3) is 2.22. The van der Waals surface area contributed by atoms with Crippen LogP contribution in [0.4, 0.5) is 0 Å². The molecule has 0 spiro atoms. The van der Waals surface area contributed by atoms with Crippen LogP contribution in [0.5, 0.6) is 0 Å². The number of carbonyl (C=O) groups excluding carboxylic acids is 1. The van der Waals surface area contributed by atoms with Gasteiger partial charge in [-0.05, 0) is 0 Å². The molecule has 0 bridgehead atoms. The fourth-order valence-corrected chi connectivity index (χ4v) is 1.56. The van der Waals surface area contributed by atoms with Crippen molar-refractivity contribution >= 4 is 11.9 Å². The molecule has 1 aromatic heterocycles. The normalized spacial score (nSPS) is 10.2. The Morgan fingerprint density at radius 1 is 1.22 bits per heavy atom. The van der Waals surface area contributed by atoms with E-state index in [1.807, 2.05) is 0 Å². The number of hydrogen-bond acceptors (Lipinski definition) is 4. The van der Waals surface area contributed by atoms with Crippen LogP contribution in [0.15, 0.2) is 45.8 Å². The second-order valence-corrected chi connectivity index (χ2v) is 3.55. The highest BCUT2D eigenvalue weighted by Crippen LogP contribution is 2.17. The SMILES string of the molecule is O=C(O)CC(=O)n1c(-c2ccccc2)coc1=O. The highest BCUT2D eigenvalue weighted by atomic mass is 16.4. The molecule has 6 nitrogen and oxygen atoms in total. The van der Waals surface area contributed by atoms with E-state index in [1.165, 1.54) is 0 Å².